The lowest BCUT2D eigenvalue weighted by molar-refractivity contribution is 0.289. The molecule has 2 aromatic carbocycles. The van der Waals surface area contributed by atoms with E-state index in [1.807, 2.05) is 12.1 Å². The molecule has 0 fully saturated rings. The van der Waals surface area contributed by atoms with Crippen molar-refractivity contribution in [1.82, 2.24) is 0 Å². The summed E-state index contributed by atoms with van der Waals surface area (Å²) in [7, 11) is 0. The zero-order valence-electron chi connectivity index (χ0n) is 12.6. The summed E-state index contributed by atoms with van der Waals surface area (Å²) in [5.74, 6) is 1.63. The van der Waals surface area contributed by atoms with E-state index in [0.717, 1.165) is 25.3 Å². The third-order valence-electron chi connectivity index (χ3n) is 3.24. The normalized spacial score (nSPS) is 10.7. The van der Waals surface area contributed by atoms with Crippen LogP contribution in [-0.4, -0.2) is 6.61 Å². The zero-order valence-corrected chi connectivity index (χ0v) is 14.8. The minimum absolute atomic E-state index is 0.682. The highest BCUT2D eigenvalue weighted by atomic mass is 127. The fraction of sp³-hybridized carbons (Fsp3) is 0.333. The molecule has 21 heavy (non-hydrogen) atoms. The highest BCUT2D eigenvalue weighted by Gasteiger charge is 2.00. The number of ether oxygens (including phenoxy) is 1. The van der Waals surface area contributed by atoms with E-state index in [9.17, 15) is 0 Å². The Labute approximate surface area is 141 Å². The van der Waals surface area contributed by atoms with Crippen molar-refractivity contribution in [2.24, 2.45) is 5.92 Å². The van der Waals surface area contributed by atoms with E-state index in [-0.39, 0.29) is 0 Å². The average Bonchev–Trinajstić information content (AvgIpc) is 2.47. The van der Waals surface area contributed by atoms with Crippen LogP contribution < -0.4 is 10.1 Å². The van der Waals surface area contributed by atoms with Gasteiger partial charge in [-0.05, 0) is 64.8 Å². The molecule has 0 bridgehead atoms. The number of hydrogen-bond donors (Lipinski definition) is 1. The Balaban J connectivity index is 1.84. The molecule has 0 aromatic heterocycles. The molecule has 0 aliphatic rings. The highest BCUT2D eigenvalue weighted by Crippen LogP contribution is 2.19. The summed E-state index contributed by atoms with van der Waals surface area (Å²) in [4.78, 5) is 0. The van der Waals surface area contributed by atoms with Crippen molar-refractivity contribution in [1.29, 1.82) is 0 Å². The van der Waals surface area contributed by atoms with Gasteiger partial charge in [-0.3, -0.25) is 0 Å². The molecule has 2 nitrogen and oxygen atoms in total. The van der Waals surface area contributed by atoms with Crippen LogP contribution in [0.1, 0.15) is 25.8 Å². The summed E-state index contributed by atoms with van der Waals surface area (Å²) in [6.45, 7) is 6.04. The summed E-state index contributed by atoms with van der Waals surface area (Å²) < 4.78 is 6.97. The average molecular weight is 395 g/mol. The van der Waals surface area contributed by atoms with Gasteiger partial charge in [-0.2, -0.15) is 0 Å². The second-order valence-electron chi connectivity index (χ2n) is 5.51. The molecular formula is C18H22INO. The molecule has 0 atom stereocenters. The summed E-state index contributed by atoms with van der Waals surface area (Å²) in [6, 6.07) is 16.6. The molecule has 0 unspecified atom stereocenters. The molecule has 0 saturated carbocycles. The second kappa shape index (κ2) is 8.27. The Kier molecular flexibility index (Phi) is 6.36. The summed E-state index contributed by atoms with van der Waals surface area (Å²) in [5, 5.41) is 3.46. The fourth-order valence-corrected chi connectivity index (χ4v) is 2.50. The van der Waals surface area contributed by atoms with Gasteiger partial charge in [0.2, 0.25) is 0 Å². The Bertz CT molecular complexity index is 551. The van der Waals surface area contributed by atoms with Crippen molar-refractivity contribution in [3.63, 3.8) is 0 Å². The third kappa shape index (κ3) is 5.58. The van der Waals surface area contributed by atoms with Crippen LogP contribution in [0.25, 0.3) is 0 Å². The lowest BCUT2D eigenvalue weighted by atomic mass is 10.1. The molecule has 0 amide bonds. The maximum Gasteiger partial charge on any atom is 0.119 e. The number of halogens is 1. The van der Waals surface area contributed by atoms with Crippen LogP contribution in [0.15, 0.2) is 48.5 Å². The number of para-hydroxylation sites is 1. The van der Waals surface area contributed by atoms with E-state index in [0.29, 0.717) is 5.92 Å². The van der Waals surface area contributed by atoms with Crippen LogP contribution in [0.5, 0.6) is 5.75 Å². The van der Waals surface area contributed by atoms with Crippen LogP contribution in [-0.2, 0) is 6.54 Å². The first-order chi connectivity index (χ1) is 10.1. The number of rotatable bonds is 7. The van der Waals surface area contributed by atoms with Gasteiger partial charge in [-0.25, -0.2) is 0 Å². The third-order valence-corrected chi connectivity index (χ3v) is 4.18. The Morgan fingerprint density at radius 2 is 1.76 bits per heavy atom. The fourth-order valence-electron chi connectivity index (χ4n) is 1.92. The summed E-state index contributed by atoms with van der Waals surface area (Å²) in [5.41, 5.74) is 2.43. The second-order valence-corrected chi connectivity index (χ2v) is 6.67. The van der Waals surface area contributed by atoms with Gasteiger partial charge < -0.3 is 10.1 Å². The van der Waals surface area contributed by atoms with Gasteiger partial charge in [0.25, 0.3) is 0 Å². The molecule has 0 spiro atoms. The maximum atomic E-state index is 5.73. The van der Waals surface area contributed by atoms with Crippen LogP contribution in [0.2, 0.25) is 0 Å². The molecule has 3 heteroatoms. The predicted octanol–water partition coefficient (Wildman–Crippen LogP) is 5.33. The number of nitrogens with one attached hydrogen (secondary N) is 1. The predicted molar refractivity (Wildman–Crippen MR) is 97.9 cm³/mol. The first kappa shape index (κ1) is 16.1. The van der Waals surface area contributed by atoms with Gasteiger partial charge in [0.05, 0.1) is 6.61 Å². The summed E-state index contributed by atoms with van der Waals surface area (Å²) >= 11 is 2.35. The minimum Gasteiger partial charge on any atom is -0.494 e. The number of benzene rings is 2. The molecule has 112 valence electrons. The van der Waals surface area contributed by atoms with E-state index in [1.165, 1.54) is 14.8 Å². The van der Waals surface area contributed by atoms with Crippen molar-refractivity contribution >= 4 is 28.3 Å². The molecule has 0 heterocycles. The maximum absolute atomic E-state index is 5.73. The van der Waals surface area contributed by atoms with E-state index >= 15 is 0 Å². The van der Waals surface area contributed by atoms with Crippen molar-refractivity contribution in [3.05, 3.63) is 57.7 Å². The quantitative estimate of drug-likeness (QED) is 0.640. The topological polar surface area (TPSA) is 21.3 Å². The Morgan fingerprint density at radius 1 is 1.05 bits per heavy atom. The standard InChI is InChI=1S/C18H22INO/c1-14(2)11-12-21-16-9-7-15(8-10-16)13-20-18-6-4-3-5-17(18)19/h3-10,14,20H,11-13H2,1-2H3. The van der Waals surface area contributed by atoms with Crippen molar-refractivity contribution < 1.29 is 4.74 Å². The smallest absolute Gasteiger partial charge is 0.119 e. The number of hydrogen-bond acceptors (Lipinski definition) is 2. The summed E-state index contributed by atoms with van der Waals surface area (Å²) in [6.07, 6.45) is 1.09. The van der Waals surface area contributed by atoms with Crippen LogP contribution in [0.4, 0.5) is 5.69 Å². The van der Waals surface area contributed by atoms with Crippen LogP contribution in [0, 0.1) is 9.49 Å². The van der Waals surface area contributed by atoms with Crippen molar-refractivity contribution in [2.75, 3.05) is 11.9 Å². The SMILES string of the molecule is CC(C)CCOc1ccc(CNc2ccccc2I)cc1. The molecule has 0 saturated heterocycles. The first-order valence-electron chi connectivity index (χ1n) is 7.35. The lowest BCUT2D eigenvalue weighted by Gasteiger charge is -2.10. The van der Waals surface area contributed by atoms with Crippen LogP contribution >= 0.6 is 22.6 Å². The largest absolute Gasteiger partial charge is 0.494 e. The molecule has 2 aromatic rings. The van der Waals surface area contributed by atoms with Crippen LogP contribution in [0.3, 0.4) is 0 Å². The van der Waals surface area contributed by atoms with E-state index in [1.54, 1.807) is 0 Å². The number of anilines is 1. The molecule has 1 N–H and O–H groups in total. The Hall–Kier alpha value is -1.23. The van der Waals surface area contributed by atoms with Gasteiger partial charge in [0.1, 0.15) is 5.75 Å². The minimum atomic E-state index is 0.682. The molecule has 0 radical (unpaired) electrons. The van der Waals surface area contributed by atoms with E-state index in [4.69, 9.17) is 4.74 Å². The lowest BCUT2D eigenvalue weighted by Crippen LogP contribution is -2.02. The Morgan fingerprint density at radius 3 is 2.43 bits per heavy atom. The zero-order chi connectivity index (χ0) is 15.1. The molecule has 0 aliphatic heterocycles. The van der Waals surface area contributed by atoms with Gasteiger partial charge in [0.15, 0.2) is 0 Å². The van der Waals surface area contributed by atoms with Crippen molar-refractivity contribution in [2.45, 2.75) is 26.8 Å². The van der Waals surface area contributed by atoms with Crippen molar-refractivity contribution in [3.8, 4) is 5.75 Å². The van der Waals surface area contributed by atoms with Gasteiger partial charge >= 0.3 is 0 Å². The highest BCUT2D eigenvalue weighted by molar-refractivity contribution is 14.1. The van der Waals surface area contributed by atoms with Gasteiger partial charge in [0, 0.05) is 15.8 Å². The molecular weight excluding hydrogens is 373 g/mol. The van der Waals surface area contributed by atoms with Gasteiger partial charge in [-0.15, -0.1) is 0 Å². The van der Waals surface area contributed by atoms with E-state index < -0.39 is 0 Å². The molecule has 0 aliphatic carbocycles. The monoisotopic (exact) mass is 395 g/mol. The van der Waals surface area contributed by atoms with E-state index in [2.05, 4.69) is 78.2 Å². The first-order valence-corrected chi connectivity index (χ1v) is 8.43. The van der Waals surface area contributed by atoms with Gasteiger partial charge in [-0.1, -0.05) is 38.1 Å². The molecule has 2 rings (SSSR count).